The van der Waals surface area contributed by atoms with E-state index in [-0.39, 0.29) is 5.54 Å². The minimum Gasteiger partial charge on any atom is -0.365 e. The van der Waals surface area contributed by atoms with Gasteiger partial charge in [0.1, 0.15) is 5.82 Å². The Morgan fingerprint density at radius 3 is 2.63 bits per heavy atom. The van der Waals surface area contributed by atoms with Crippen LogP contribution in [0, 0.1) is 19.8 Å². The van der Waals surface area contributed by atoms with Gasteiger partial charge in [-0.2, -0.15) is 0 Å². The Labute approximate surface area is 113 Å². The first-order valence-corrected chi connectivity index (χ1v) is 6.63. The number of amides is 1. The molecular formula is C14H22N4O. The Hall–Kier alpha value is -1.62. The number of anilines is 1. The average molecular weight is 262 g/mol. The van der Waals surface area contributed by atoms with E-state index in [4.69, 9.17) is 11.5 Å². The van der Waals surface area contributed by atoms with Crippen LogP contribution in [0.25, 0.3) is 0 Å². The highest BCUT2D eigenvalue weighted by molar-refractivity contribution is 5.99. The van der Waals surface area contributed by atoms with Crippen LogP contribution in [0.2, 0.25) is 0 Å². The van der Waals surface area contributed by atoms with E-state index in [1.54, 1.807) is 0 Å². The predicted octanol–water partition coefficient (Wildman–Crippen LogP) is 1.34. The number of rotatable bonds is 5. The molecule has 0 saturated heterocycles. The van der Waals surface area contributed by atoms with E-state index in [1.165, 1.54) is 0 Å². The molecule has 5 heteroatoms. The summed E-state index contributed by atoms with van der Waals surface area (Å²) in [7, 11) is 0. The maximum Gasteiger partial charge on any atom is 0.252 e. The fourth-order valence-electron chi connectivity index (χ4n) is 2.55. The maximum absolute atomic E-state index is 11.6. The van der Waals surface area contributed by atoms with E-state index in [0.29, 0.717) is 23.8 Å². The van der Waals surface area contributed by atoms with Crippen molar-refractivity contribution in [3.05, 3.63) is 22.9 Å². The predicted molar refractivity (Wildman–Crippen MR) is 76.0 cm³/mol. The number of primary amides is 1. The van der Waals surface area contributed by atoms with Crippen LogP contribution in [0.4, 0.5) is 5.82 Å². The lowest BCUT2D eigenvalue weighted by atomic mass is 9.95. The minimum atomic E-state index is -0.456. The third-order valence-corrected chi connectivity index (χ3v) is 3.90. The summed E-state index contributed by atoms with van der Waals surface area (Å²) in [6.45, 7) is 6.36. The molecule has 1 aromatic rings. The number of carbonyl (C=O) groups is 1. The van der Waals surface area contributed by atoms with E-state index >= 15 is 0 Å². The van der Waals surface area contributed by atoms with Gasteiger partial charge in [0.25, 0.3) is 5.91 Å². The van der Waals surface area contributed by atoms with Crippen LogP contribution in [0.5, 0.6) is 0 Å². The first-order valence-electron chi connectivity index (χ1n) is 6.63. The van der Waals surface area contributed by atoms with Gasteiger partial charge in [-0.25, -0.2) is 4.98 Å². The summed E-state index contributed by atoms with van der Waals surface area (Å²) in [6, 6.07) is 1.86. The quantitative estimate of drug-likeness (QED) is 0.746. The Bertz CT molecular complexity index is 510. The molecule has 1 saturated carbocycles. The lowest BCUT2D eigenvalue weighted by molar-refractivity contribution is 0.1000. The molecule has 1 fully saturated rings. The van der Waals surface area contributed by atoms with Crippen molar-refractivity contribution < 1.29 is 4.79 Å². The number of aryl methyl sites for hydroxylation is 2. The molecule has 1 unspecified atom stereocenters. The molecule has 1 heterocycles. The van der Waals surface area contributed by atoms with Gasteiger partial charge >= 0.3 is 0 Å². The standard InChI is InChI=1S/C14H22N4O/c1-8-6-9(2)17-13(11(8)12(16)19)18-14(3,7-15)10-4-5-10/h6,10H,4-5,7,15H2,1-3H3,(H2,16,19)(H,17,18). The molecule has 104 valence electrons. The van der Waals surface area contributed by atoms with Crippen molar-refractivity contribution in [3.63, 3.8) is 0 Å². The van der Waals surface area contributed by atoms with Crippen molar-refractivity contribution in [2.24, 2.45) is 17.4 Å². The maximum atomic E-state index is 11.6. The molecule has 0 bridgehead atoms. The van der Waals surface area contributed by atoms with Crippen LogP contribution in [-0.4, -0.2) is 23.0 Å². The fourth-order valence-corrected chi connectivity index (χ4v) is 2.55. The number of carbonyl (C=O) groups excluding carboxylic acids is 1. The zero-order valence-corrected chi connectivity index (χ0v) is 11.8. The van der Waals surface area contributed by atoms with E-state index in [2.05, 4.69) is 17.2 Å². The Morgan fingerprint density at radius 2 is 2.16 bits per heavy atom. The van der Waals surface area contributed by atoms with E-state index in [9.17, 15) is 4.79 Å². The first-order chi connectivity index (χ1) is 8.87. The van der Waals surface area contributed by atoms with Gasteiger partial charge in [-0.1, -0.05) is 0 Å². The van der Waals surface area contributed by atoms with Crippen molar-refractivity contribution >= 4 is 11.7 Å². The summed E-state index contributed by atoms with van der Waals surface area (Å²) >= 11 is 0. The molecule has 2 rings (SSSR count). The van der Waals surface area contributed by atoms with Crippen molar-refractivity contribution in [2.75, 3.05) is 11.9 Å². The molecule has 1 atom stereocenters. The number of nitrogens with one attached hydrogen (secondary N) is 1. The van der Waals surface area contributed by atoms with Gasteiger partial charge < -0.3 is 16.8 Å². The van der Waals surface area contributed by atoms with Gasteiger partial charge in [0.2, 0.25) is 0 Å². The first kappa shape index (κ1) is 13.8. The highest BCUT2D eigenvalue weighted by atomic mass is 16.1. The number of hydrogen-bond acceptors (Lipinski definition) is 4. The summed E-state index contributed by atoms with van der Waals surface area (Å²) < 4.78 is 0. The smallest absolute Gasteiger partial charge is 0.252 e. The van der Waals surface area contributed by atoms with E-state index < -0.39 is 5.91 Å². The lowest BCUT2D eigenvalue weighted by Crippen LogP contribution is -2.45. The molecule has 5 nitrogen and oxygen atoms in total. The van der Waals surface area contributed by atoms with Gasteiger partial charge in [-0.3, -0.25) is 4.79 Å². The molecule has 0 radical (unpaired) electrons. The molecule has 0 spiro atoms. The van der Waals surface area contributed by atoms with E-state index in [0.717, 1.165) is 24.1 Å². The summed E-state index contributed by atoms with van der Waals surface area (Å²) in [5.74, 6) is 0.647. The summed E-state index contributed by atoms with van der Waals surface area (Å²) in [5.41, 5.74) is 13.3. The molecular weight excluding hydrogens is 240 g/mol. The zero-order valence-electron chi connectivity index (χ0n) is 11.8. The normalized spacial score (nSPS) is 17.9. The highest BCUT2D eigenvalue weighted by Crippen LogP contribution is 2.41. The lowest BCUT2D eigenvalue weighted by Gasteiger charge is -2.31. The Kier molecular flexibility index (Phi) is 3.49. The van der Waals surface area contributed by atoms with Gasteiger partial charge in [-0.05, 0) is 51.2 Å². The zero-order chi connectivity index (χ0) is 14.2. The summed E-state index contributed by atoms with van der Waals surface area (Å²) in [5, 5.41) is 3.36. The largest absolute Gasteiger partial charge is 0.365 e. The molecule has 1 amide bonds. The van der Waals surface area contributed by atoms with Gasteiger partial charge in [-0.15, -0.1) is 0 Å². The fraction of sp³-hybridized carbons (Fsp3) is 0.571. The molecule has 1 aromatic heterocycles. The number of hydrogen-bond donors (Lipinski definition) is 3. The Balaban J connectivity index is 2.40. The molecule has 19 heavy (non-hydrogen) atoms. The summed E-state index contributed by atoms with van der Waals surface area (Å²) in [4.78, 5) is 16.1. The van der Waals surface area contributed by atoms with Gasteiger partial charge in [0.05, 0.1) is 11.1 Å². The van der Waals surface area contributed by atoms with Crippen molar-refractivity contribution in [1.82, 2.24) is 4.98 Å². The van der Waals surface area contributed by atoms with Crippen LogP contribution in [0.1, 0.15) is 41.4 Å². The van der Waals surface area contributed by atoms with E-state index in [1.807, 2.05) is 19.9 Å². The minimum absolute atomic E-state index is 0.225. The van der Waals surface area contributed by atoms with Gasteiger partial charge in [0, 0.05) is 12.2 Å². The number of aromatic nitrogens is 1. The number of pyridine rings is 1. The molecule has 5 N–H and O–H groups in total. The molecule has 1 aliphatic carbocycles. The van der Waals surface area contributed by atoms with Crippen LogP contribution < -0.4 is 16.8 Å². The van der Waals surface area contributed by atoms with Crippen molar-refractivity contribution in [3.8, 4) is 0 Å². The summed E-state index contributed by atoms with van der Waals surface area (Å²) in [6.07, 6.45) is 2.33. The van der Waals surface area contributed by atoms with Crippen LogP contribution >= 0.6 is 0 Å². The molecule has 0 aliphatic heterocycles. The van der Waals surface area contributed by atoms with Crippen molar-refractivity contribution in [2.45, 2.75) is 39.2 Å². The van der Waals surface area contributed by atoms with Crippen LogP contribution in [0.3, 0.4) is 0 Å². The topological polar surface area (TPSA) is 94.0 Å². The molecule has 1 aliphatic rings. The third kappa shape index (κ3) is 2.71. The number of nitrogens with two attached hydrogens (primary N) is 2. The van der Waals surface area contributed by atoms with Crippen LogP contribution in [0.15, 0.2) is 6.07 Å². The third-order valence-electron chi connectivity index (χ3n) is 3.90. The number of nitrogens with zero attached hydrogens (tertiary/aromatic N) is 1. The van der Waals surface area contributed by atoms with Crippen molar-refractivity contribution in [1.29, 1.82) is 0 Å². The highest BCUT2D eigenvalue weighted by Gasteiger charge is 2.41. The Morgan fingerprint density at radius 1 is 1.53 bits per heavy atom. The molecule has 0 aromatic carbocycles. The average Bonchev–Trinajstić information content (AvgIpc) is 3.11. The SMILES string of the molecule is Cc1cc(C)c(C(N)=O)c(NC(C)(CN)C2CC2)n1. The van der Waals surface area contributed by atoms with Gasteiger partial charge in [0.15, 0.2) is 0 Å². The second kappa shape index (κ2) is 4.81. The second-order valence-corrected chi connectivity index (χ2v) is 5.69. The van der Waals surface area contributed by atoms with Crippen LogP contribution in [-0.2, 0) is 0 Å². The monoisotopic (exact) mass is 262 g/mol. The second-order valence-electron chi connectivity index (χ2n) is 5.69.